The van der Waals surface area contributed by atoms with Crippen LogP contribution in [0.1, 0.15) is 0 Å². The van der Waals surface area contributed by atoms with E-state index in [4.69, 9.17) is 11.6 Å². The van der Waals surface area contributed by atoms with Gasteiger partial charge in [-0.25, -0.2) is 4.57 Å². The fraction of sp³-hybridized carbons (Fsp3) is 0. The van der Waals surface area contributed by atoms with Gasteiger partial charge in [0.1, 0.15) is 0 Å². The van der Waals surface area contributed by atoms with E-state index in [0.717, 1.165) is 5.69 Å². The first kappa shape index (κ1) is 21.6. The van der Waals surface area contributed by atoms with Crippen molar-refractivity contribution in [3.8, 4) is 11.8 Å². The second kappa shape index (κ2) is 9.99. The Bertz CT molecular complexity index is 1020. The lowest BCUT2D eigenvalue weighted by molar-refractivity contribution is -0.614. The molecule has 0 saturated carbocycles. The number of halogens is 3. The van der Waals surface area contributed by atoms with Crippen molar-refractivity contribution in [2.24, 2.45) is 0 Å². The third-order valence-corrected chi connectivity index (χ3v) is 4.11. The van der Waals surface area contributed by atoms with Crippen molar-refractivity contribution in [2.75, 3.05) is 5.32 Å². The van der Waals surface area contributed by atoms with Crippen molar-refractivity contribution < 1.29 is 33.9 Å². The normalized spacial score (nSPS) is 9.75. The topological polar surface area (TPSA) is 45.6 Å². The Labute approximate surface area is 180 Å². The van der Waals surface area contributed by atoms with Crippen LogP contribution in [0.3, 0.4) is 0 Å². The molecule has 8 heteroatoms. The van der Waals surface area contributed by atoms with E-state index in [0.29, 0.717) is 22.6 Å². The number of nitrogens with zero attached hydrogens (tertiary/aromatic N) is 4. The van der Waals surface area contributed by atoms with E-state index in [2.05, 4.69) is 15.3 Å². The molecule has 0 bridgehead atoms. The van der Waals surface area contributed by atoms with Crippen molar-refractivity contribution in [2.45, 2.75) is 0 Å². The summed E-state index contributed by atoms with van der Waals surface area (Å²) in [6.07, 6.45) is 7.60. The first-order valence-electron chi connectivity index (χ1n) is 8.14. The highest BCUT2D eigenvalue weighted by molar-refractivity contribution is 6.34. The van der Waals surface area contributed by atoms with Crippen LogP contribution in [-0.2, 0) is 0 Å². The number of aromatic nitrogens is 4. The van der Waals surface area contributed by atoms with E-state index in [1.165, 1.54) is 0 Å². The molecule has 3 heterocycles. The minimum atomic E-state index is 0. The second-order valence-corrected chi connectivity index (χ2v) is 5.94. The van der Waals surface area contributed by atoms with Gasteiger partial charge in [-0.1, -0.05) is 41.9 Å². The Hall–Kier alpha value is -2.73. The van der Waals surface area contributed by atoms with E-state index in [9.17, 15) is 0 Å². The van der Waals surface area contributed by atoms with Gasteiger partial charge in [-0.15, -0.1) is 0 Å². The first-order chi connectivity index (χ1) is 12.8. The van der Waals surface area contributed by atoms with Crippen molar-refractivity contribution in [3.63, 3.8) is 0 Å². The maximum absolute atomic E-state index is 6.64. The number of hydrogen-bond donors (Lipinski definition) is 1. The maximum atomic E-state index is 6.64. The van der Waals surface area contributed by atoms with Crippen LogP contribution in [0.5, 0.6) is 0 Å². The van der Waals surface area contributed by atoms with Gasteiger partial charge in [0.25, 0.3) is 0 Å². The number of anilines is 2. The van der Waals surface area contributed by atoms with Crippen LogP contribution in [-0.4, -0.2) is 9.97 Å². The third-order valence-electron chi connectivity index (χ3n) is 3.77. The van der Waals surface area contributed by atoms with Crippen molar-refractivity contribution in [3.05, 3.63) is 96.5 Å². The van der Waals surface area contributed by atoms with E-state index in [-0.39, 0.29) is 24.8 Å². The Balaban J connectivity index is 0.00000140. The van der Waals surface area contributed by atoms with Crippen LogP contribution in [0, 0.1) is 0 Å². The largest absolute Gasteiger partial charge is 1.00 e. The summed E-state index contributed by atoms with van der Waals surface area (Å²) in [5.74, 6) is 1.68. The zero-order valence-corrected chi connectivity index (χ0v) is 16.9. The van der Waals surface area contributed by atoms with Gasteiger partial charge in [0, 0.05) is 10.7 Å². The van der Waals surface area contributed by atoms with Crippen LogP contribution < -0.4 is 39.3 Å². The van der Waals surface area contributed by atoms with Gasteiger partial charge in [-0.05, 0) is 41.4 Å². The highest BCUT2D eigenvalue weighted by Crippen LogP contribution is 2.26. The molecule has 1 aromatic carbocycles. The lowest BCUT2D eigenvalue weighted by Crippen LogP contribution is -3.00. The summed E-state index contributed by atoms with van der Waals surface area (Å²) in [5, 5.41) is 3.73. The Kier molecular flexibility index (Phi) is 7.70. The summed E-state index contributed by atoms with van der Waals surface area (Å²) >= 11 is 6.64. The molecule has 142 valence electrons. The molecule has 0 saturated heterocycles. The monoisotopic (exact) mass is 431 g/mol. The van der Waals surface area contributed by atoms with Gasteiger partial charge in [-0.3, -0.25) is 0 Å². The summed E-state index contributed by atoms with van der Waals surface area (Å²) in [5.41, 5.74) is 0.904. The molecule has 0 unspecified atom stereocenters. The number of para-hydroxylation sites is 1. The van der Waals surface area contributed by atoms with E-state index in [1.54, 1.807) is 0 Å². The molecule has 0 fully saturated rings. The predicted molar refractivity (Wildman–Crippen MR) is 99.8 cm³/mol. The Morgan fingerprint density at radius 2 is 1.21 bits per heavy atom. The molecule has 0 radical (unpaired) electrons. The van der Waals surface area contributed by atoms with E-state index < -0.39 is 0 Å². The summed E-state index contributed by atoms with van der Waals surface area (Å²) < 4.78 is 3.71. The average molecular weight is 433 g/mol. The lowest BCUT2D eigenvalue weighted by Gasteiger charge is -2.06. The molecule has 4 aromatic rings. The molecular weight excluding hydrogens is 417 g/mol. The second-order valence-electron chi connectivity index (χ2n) is 5.57. The fourth-order valence-corrected chi connectivity index (χ4v) is 2.75. The van der Waals surface area contributed by atoms with Crippen LogP contribution in [0.4, 0.5) is 11.5 Å². The highest BCUT2D eigenvalue weighted by atomic mass is 35.5. The summed E-state index contributed by atoms with van der Waals surface area (Å²) in [6, 6.07) is 21.4. The Morgan fingerprint density at radius 1 is 0.679 bits per heavy atom. The van der Waals surface area contributed by atoms with Crippen LogP contribution >= 0.6 is 11.6 Å². The molecule has 4 rings (SSSR count). The molecule has 0 spiro atoms. The number of pyridine rings is 2. The highest BCUT2D eigenvalue weighted by Gasteiger charge is 2.27. The molecule has 1 N–H and O–H groups in total. The Morgan fingerprint density at radius 3 is 1.82 bits per heavy atom. The minimum Gasteiger partial charge on any atom is -1.00 e. The fourth-order valence-electron chi connectivity index (χ4n) is 2.52. The zero-order valence-electron chi connectivity index (χ0n) is 14.6. The van der Waals surface area contributed by atoms with Crippen molar-refractivity contribution in [1.82, 2.24) is 9.97 Å². The maximum Gasteiger partial charge on any atom is 0.479 e. The summed E-state index contributed by atoms with van der Waals surface area (Å²) in [4.78, 5) is 9.28. The molecule has 0 aliphatic rings. The number of benzene rings is 1. The lowest BCUT2D eigenvalue weighted by atomic mass is 10.3. The van der Waals surface area contributed by atoms with Crippen LogP contribution in [0.25, 0.3) is 11.8 Å². The van der Waals surface area contributed by atoms with Crippen molar-refractivity contribution in [1.29, 1.82) is 0 Å². The number of hydrogen-bond acceptors (Lipinski definition) is 3. The minimum absolute atomic E-state index is 0. The number of rotatable bonds is 4. The molecule has 0 atom stereocenters. The molecule has 28 heavy (non-hydrogen) atoms. The van der Waals surface area contributed by atoms with Crippen LogP contribution in [0.15, 0.2) is 91.5 Å². The van der Waals surface area contributed by atoms with E-state index in [1.807, 2.05) is 101 Å². The van der Waals surface area contributed by atoms with Gasteiger partial charge in [0.05, 0.1) is 24.8 Å². The van der Waals surface area contributed by atoms with Gasteiger partial charge < -0.3 is 30.1 Å². The van der Waals surface area contributed by atoms with Gasteiger partial charge >= 0.3 is 11.8 Å². The van der Waals surface area contributed by atoms with Gasteiger partial charge in [0.15, 0.2) is 5.02 Å². The third kappa shape index (κ3) is 4.75. The molecule has 0 aliphatic heterocycles. The molecule has 0 amide bonds. The number of nitrogens with one attached hydrogen (secondary N) is 1. The van der Waals surface area contributed by atoms with Crippen LogP contribution in [0.2, 0.25) is 5.02 Å². The average Bonchev–Trinajstić information content (AvgIpc) is 2.71. The summed E-state index contributed by atoms with van der Waals surface area (Å²) in [6.45, 7) is 0. The van der Waals surface area contributed by atoms with E-state index >= 15 is 0 Å². The zero-order chi connectivity index (χ0) is 17.8. The molecule has 5 nitrogen and oxygen atoms in total. The standard InChI is InChI=1S/C20H16ClN5.2ClH/c21-17-18(22-16-10-4-1-5-11-16)23-20(26-14-8-3-9-15-26)24-19(17)25-12-6-2-7-13-25;;/h1-15H,(H,22,23,24);2*1H/q+2;;/p-2. The molecule has 0 aliphatic carbocycles. The SMILES string of the molecule is Clc1c(Nc2ccccc2)nc(-[n+]2ccccc2)nc1-[n+]1ccccc1.[Cl-].[Cl-]. The van der Waals surface area contributed by atoms with Gasteiger partial charge in [-0.2, -0.15) is 4.57 Å². The first-order valence-corrected chi connectivity index (χ1v) is 8.52. The van der Waals surface area contributed by atoms with Crippen molar-refractivity contribution >= 4 is 23.1 Å². The molecular formula is C20H16Cl3N5. The predicted octanol–water partition coefficient (Wildman–Crippen LogP) is -2.56. The smallest absolute Gasteiger partial charge is 0.479 e. The molecule has 3 aromatic heterocycles. The summed E-state index contributed by atoms with van der Waals surface area (Å²) in [7, 11) is 0. The van der Waals surface area contributed by atoms with Gasteiger partial charge in [0.2, 0.25) is 5.82 Å². The quantitative estimate of drug-likeness (QED) is 0.361.